The van der Waals surface area contributed by atoms with Gasteiger partial charge in [-0.05, 0) is 104 Å². The van der Waals surface area contributed by atoms with Gasteiger partial charge in [0.15, 0.2) is 5.78 Å². The molecule has 4 aliphatic rings. The van der Waals surface area contributed by atoms with Gasteiger partial charge in [-0.2, -0.15) is 0 Å². The van der Waals surface area contributed by atoms with Crippen LogP contribution in [-0.2, 0) is 14.3 Å². The number of allylic oxidation sites excluding steroid dienone is 1. The van der Waals surface area contributed by atoms with E-state index in [-0.39, 0.29) is 23.4 Å². The first-order valence-corrected chi connectivity index (χ1v) is 13.3. The fraction of sp³-hybridized carbons (Fsp3) is 0.667. The molecule has 178 valence electrons. The fourth-order valence-electron chi connectivity index (χ4n) is 8.89. The Bertz CT molecular complexity index is 920. The third-order valence-electron chi connectivity index (χ3n) is 10.5. The number of hydrogen-bond donors (Lipinski definition) is 0. The highest BCUT2D eigenvalue weighted by Gasteiger charge is 2.61. The smallest absolute Gasteiger partial charge is 0.302 e. The zero-order chi connectivity index (χ0) is 23.2. The van der Waals surface area contributed by atoms with E-state index in [9.17, 15) is 9.59 Å². The number of rotatable bonds is 4. The van der Waals surface area contributed by atoms with E-state index in [1.807, 2.05) is 30.4 Å². The third-order valence-corrected chi connectivity index (χ3v) is 10.5. The Kier molecular flexibility index (Phi) is 6.04. The van der Waals surface area contributed by atoms with E-state index in [1.54, 1.807) is 6.92 Å². The molecule has 0 aliphatic heterocycles. The summed E-state index contributed by atoms with van der Waals surface area (Å²) in [5.74, 6) is 3.26. The monoisotopic (exact) mass is 448 g/mol. The second-order valence-corrected chi connectivity index (χ2v) is 12.0. The van der Waals surface area contributed by atoms with Gasteiger partial charge in [0.2, 0.25) is 0 Å². The van der Waals surface area contributed by atoms with Gasteiger partial charge in [-0.3, -0.25) is 9.59 Å². The minimum Gasteiger partial charge on any atom is -0.463 e. The van der Waals surface area contributed by atoms with Crippen LogP contribution in [0.2, 0.25) is 0 Å². The Morgan fingerprint density at radius 1 is 0.909 bits per heavy atom. The standard InChI is InChI=1S/C30H40O3/c1-20(31)33-23-15-17-29(2)22(19-23)10-11-24-25-12-13-27(30(25,3)18-16-26(24)29)28(32)14-9-21-7-5-4-6-8-21/h4-9,14,22-27H,10-13,15-19H2,1-3H3/b14-9+/t22-,23?,24?,25?,26?,27?,29?,30?/m0/s1. The quantitative estimate of drug-likeness (QED) is 0.373. The van der Waals surface area contributed by atoms with Crippen LogP contribution in [0.25, 0.3) is 6.08 Å². The van der Waals surface area contributed by atoms with E-state index in [0.29, 0.717) is 23.0 Å². The van der Waals surface area contributed by atoms with Gasteiger partial charge in [0.25, 0.3) is 0 Å². The van der Waals surface area contributed by atoms with Gasteiger partial charge in [0, 0.05) is 12.8 Å². The maximum Gasteiger partial charge on any atom is 0.302 e. The summed E-state index contributed by atoms with van der Waals surface area (Å²) < 4.78 is 5.62. The molecule has 4 saturated carbocycles. The van der Waals surface area contributed by atoms with Crippen LogP contribution in [0.3, 0.4) is 0 Å². The summed E-state index contributed by atoms with van der Waals surface area (Å²) in [6.07, 6.45) is 14.5. The minimum atomic E-state index is -0.131. The van der Waals surface area contributed by atoms with E-state index in [2.05, 4.69) is 26.0 Å². The van der Waals surface area contributed by atoms with Crippen molar-refractivity contribution in [3.63, 3.8) is 0 Å². The first-order chi connectivity index (χ1) is 15.8. The van der Waals surface area contributed by atoms with Crippen LogP contribution in [0.5, 0.6) is 0 Å². The molecule has 3 nitrogen and oxygen atoms in total. The lowest BCUT2D eigenvalue weighted by molar-refractivity contribution is -0.160. The van der Waals surface area contributed by atoms with Gasteiger partial charge in [-0.25, -0.2) is 0 Å². The molecule has 3 heteroatoms. The second kappa shape index (κ2) is 8.71. The van der Waals surface area contributed by atoms with E-state index < -0.39 is 0 Å². The van der Waals surface area contributed by atoms with Crippen LogP contribution in [0.15, 0.2) is 36.4 Å². The second-order valence-electron chi connectivity index (χ2n) is 12.0. The van der Waals surface area contributed by atoms with Gasteiger partial charge in [-0.1, -0.05) is 50.3 Å². The SMILES string of the molecule is CC(=O)OC1CCC2(C)C3CCC4(C)C(C(=O)/C=C/c5ccccc5)CCC4C3CC[C@H]2C1. The third kappa shape index (κ3) is 4.00. The number of carbonyl (C=O) groups excluding carboxylic acids is 2. The summed E-state index contributed by atoms with van der Waals surface area (Å²) in [6.45, 7) is 6.52. The molecule has 1 aromatic rings. The molecule has 0 amide bonds. The summed E-state index contributed by atoms with van der Waals surface area (Å²) >= 11 is 0. The summed E-state index contributed by atoms with van der Waals surface area (Å²) in [4.78, 5) is 24.8. The molecule has 4 fully saturated rings. The van der Waals surface area contributed by atoms with Crippen molar-refractivity contribution < 1.29 is 14.3 Å². The molecular weight excluding hydrogens is 408 g/mol. The van der Waals surface area contributed by atoms with Crippen molar-refractivity contribution in [1.29, 1.82) is 0 Å². The highest BCUT2D eigenvalue weighted by Crippen LogP contribution is 2.67. The van der Waals surface area contributed by atoms with Crippen molar-refractivity contribution in [2.45, 2.75) is 84.7 Å². The van der Waals surface area contributed by atoms with Crippen LogP contribution >= 0.6 is 0 Å². The summed E-state index contributed by atoms with van der Waals surface area (Å²) in [6, 6.07) is 10.2. The molecule has 0 heterocycles. The van der Waals surface area contributed by atoms with Crippen LogP contribution in [0.4, 0.5) is 0 Å². The van der Waals surface area contributed by atoms with E-state index in [4.69, 9.17) is 4.74 Å². The van der Waals surface area contributed by atoms with Crippen LogP contribution in [0, 0.1) is 40.4 Å². The molecule has 4 aliphatic carbocycles. The number of esters is 1. The zero-order valence-corrected chi connectivity index (χ0v) is 20.6. The number of carbonyl (C=O) groups is 2. The number of benzene rings is 1. The molecule has 1 aromatic carbocycles. The lowest BCUT2D eigenvalue weighted by atomic mass is 9.44. The lowest BCUT2D eigenvalue weighted by Crippen LogP contribution is -2.54. The van der Waals surface area contributed by atoms with Crippen molar-refractivity contribution in [2.75, 3.05) is 0 Å². The van der Waals surface area contributed by atoms with Gasteiger partial charge in [0.1, 0.15) is 6.10 Å². The van der Waals surface area contributed by atoms with Crippen LogP contribution in [0.1, 0.15) is 84.1 Å². The molecule has 33 heavy (non-hydrogen) atoms. The molecule has 0 radical (unpaired) electrons. The molecule has 5 rings (SSSR count). The average Bonchev–Trinajstić information content (AvgIpc) is 3.15. The topological polar surface area (TPSA) is 43.4 Å². The molecular formula is C30H40O3. The van der Waals surface area contributed by atoms with Crippen molar-refractivity contribution in [3.8, 4) is 0 Å². The van der Waals surface area contributed by atoms with E-state index in [0.717, 1.165) is 36.7 Å². The average molecular weight is 449 g/mol. The largest absolute Gasteiger partial charge is 0.463 e. The molecule has 0 aromatic heterocycles. The Balaban J connectivity index is 1.30. The zero-order valence-electron chi connectivity index (χ0n) is 20.6. The van der Waals surface area contributed by atoms with Crippen molar-refractivity contribution in [2.24, 2.45) is 40.4 Å². The molecule has 0 saturated heterocycles. The lowest BCUT2D eigenvalue weighted by Gasteiger charge is -2.61. The van der Waals surface area contributed by atoms with Gasteiger partial charge < -0.3 is 4.74 Å². The Morgan fingerprint density at radius 3 is 2.39 bits per heavy atom. The molecule has 0 N–H and O–H groups in total. The Labute approximate surface area is 199 Å². The number of ether oxygens (including phenoxy) is 1. The summed E-state index contributed by atoms with van der Waals surface area (Å²) in [5.41, 5.74) is 1.62. The van der Waals surface area contributed by atoms with Gasteiger partial charge in [-0.15, -0.1) is 0 Å². The van der Waals surface area contributed by atoms with Gasteiger partial charge >= 0.3 is 5.97 Å². The maximum absolute atomic E-state index is 13.3. The first kappa shape index (κ1) is 22.9. The van der Waals surface area contributed by atoms with Crippen molar-refractivity contribution in [3.05, 3.63) is 42.0 Å². The molecule has 0 bridgehead atoms. The highest BCUT2D eigenvalue weighted by molar-refractivity contribution is 5.96. The van der Waals surface area contributed by atoms with Gasteiger partial charge in [0.05, 0.1) is 0 Å². The van der Waals surface area contributed by atoms with E-state index in [1.165, 1.54) is 38.5 Å². The number of ketones is 1. The van der Waals surface area contributed by atoms with E-state index >= 15 is 0 Å². The van der Waals surface area contributed by atoms with Crippen LogP contribution in [-0.4, -0.2) is 17.9 Å². The number of hydrogen-bond acceptors (Lipinski definition) is 3. The van der Waals surface area contributed by atoms with Crippen molar-refractivity contribution in [1.82, 2.24) is 0 Å². The summed E-state index contributed by atoms with van der Waals surface area (Å²) in [5, 5.41) is 0. The normalized spacial score (nSPS) is 42.3. The number of fused-ring (bicyclic) bond motifs is 5. The predicted octanol–water partition coefficient (Wildman–Crippen LogP) is 6.86. The molecule has 7 unspecified atom stereocenters. The summed E-state index contributed by atoms with van der Waals surface area (Å²) in [7, 11) is 0. The first-order valence-electron chi connectivity index (χ1n) is 13.3. The van der Waals surface area contributed by atoms with Crippen LogP contribution < -0.4 is 0 Å². The van der Waals surface area contributed by atoms with Crippen molar-refractivity contribution >= 4 is 17.8 Å². The Hall–Kier alpha value is -1.90. The highest BCUT2D eigenvalue weighted by atomic mass is 16.5. The predicted molar refractivity (Wildman–Crippen MR) is 131 cm³/mol. The maximum atomic E-state index is 13.3. The Morgan fingerprint density at radius 2 is 1.64 bits per heavy atom. The minimum absolute atomic E-state index is 0.121. The molecule has 8 atom stereocenters. The fourth-order valence-corrected chi connectivity index (χ4v) is 8.89. The molecule has 0 spiro atoms.